The standard InChI is InChI=1S/C20H19NO4S/c1-14-11-18(15(2)21(14)12-17-6-4-10-26-17)19(22)13-25-20(23)8-7-16-5-3-9-24-16/h3-11H,12-13H2,1-2H3. The Bertz CT molecular complexity index is 918. The molecule has 0 saturated heterocycles. The number of ether oxygens (including phenoxy) is 1. The molecule has 26 heavy (non-hydrogen) atoms. The van der Waals surface area contributed by atoms with Crippen molar-refractivity contribution < 1.29 is 18.7 Å². The van der Waals surface area contributed by atoms with Gasteiger partial charge in [0.15, 0.2) is 6.61 Å². The molecule has 3 rings (SSSR count). The number of carbonyl (C=O) groups is 2. The summed E-state index contributed by atoms with van der Waals surface area (Å²) < 4.78 is 12.2. The van der Waals surface area contributed by atoms with E-state index in [2.05, 4.69) is 10.6 Å². The van der Waals surface area contributed by atoms with Gasteiger partial charge in [-0.25, -0.2) is 4.79 Å². The van der Waals surface area contributed by atoms with Crippen LogP contribution in [0, 0.1) is 13.8 Å². The largest absolute Gasteiger partial charge is 0.465 e. The fraction of sp³-hybridized carbons (Fsp3) is 0.200. The SMILES string of the molecule is Cc1cc(C(=O)COC(=O)C=Cc2ccco2)c(C)n1Cc1cccs1. The highest BCUT2D eigenvalue weighted by atomic mass is 32.1. The number of aromatic nitrogens is 1. The second-order valence-electron chi connectivity index (χ2n) is 5.83. The molecular formula is C20H19NO4S. The van der Waals surface area contributed by atoms with Crippen LogP contribution < -0.4 is 0 Å². The fourth-order valence-electron chi connectivity index (χ4n) is 2.68. The molecule has 5 nitrogen and oxygen atoms in total. The number of thiophene rings is 1. The zero-order valence-electron chi connectivity index (χ0n) is 14.6. The average molecular weight is 369 g/mol. The van der Waals surface area contributed by atoms with E-state index in [0.29, 0.717) is 11.3 Å². The van der Waals surface area contributed by atoms with Crippen molar-refractivity contribution in [2.45, 2.75) is 20.4 Å². The maximum atomic E-state index is 12.4. The van der Waals surface area contributed by atoms with Gasteiger partial charge in [0.1, 0.15) is 5.76 Å². The Labute approximate surface area is 155 Å². The minimum Gasteiger partial charge on any atom is -0.465 e. The van der Waals surface area contributed by atoms with E-state index in [0.717, 1.165) is 17.9 Å². The van der Waals surface area contributed by atoms with E-state index in [-0.39, 0.29) is 12.4 Å². The van der Waals surface area contributed by atoms with Gasteiger partial charge >= 0.3 is 5.97 Å². The maximum absolute atomic E-state index is 12.4. The number of ketones is 1. The molecule has 0 amide bonds. The van der Waals surface area contributed by atoms with Crippen molar-refractivity contribution in [3.63, 3.8) is 0 Å². The molecule has 0 unspecified atom stereocenters. The van der Waals surface area contributed by atoms with Gasteiger partial charge in [-0.1, -0.05) is 6.07 Å². The molecule has 0 radical (unpaired) electrons. The van der Waals surface area contributed by atoms with Gasteiger partial charge in [0.25, 0.3) is 0 Å². The molecule has 0 aliphatic rings. The number of esters is 1. The van der Waals surface area contributed by atoms with Crippen LogP contribution >= 0.6 is 11.3 Å². The number of Topliss-reactive ketones (excluding diaryl/α,β-unsaturated/α-hetero) is 1. The van der Waals surface area contributed by atoms with Gasteiger partial charge in [-0.2, -0.15) is 0 Å². The topological polar surface area (TPSA) is 61.4 Å². The first kappa shape index (κ1) is 17.9. The molecule has 0 spiro atoms. The zero-order chi connectivity index (χ0) is 18.5. The lowest BCUT2D eigenvalue weighted by molar-refractivity contribution is -0.136. The molecule has 0 fully saturated rings. The van der Waals surface area contributed by atoms with E-state index in [1.807, 2.05) is 31.4 Å². The summed E-state index contributed by atoms with van der Waals surface area (Å²) >= 11 is 1.68. The Balaban J connectivity index is 1.62. The van der Waals surface area contributed by atoms with Crippen molar-refractivity contribution in [3.8, 4) is 0 Å². The molecule has 0 aromatic carbocycles. The van der Waals surface area contributed by atoms with Gasteiger partial charge in [0.05, 0.1) is 12.8 Å². The second kappa shape index (κ2) is 8.01. The molecular weight excluding hydrogens is 350 g/mol. The van der Waals surface area contributed by atoms with Crippen molar-refractivity contribution in [1.29, 1.82) is 0 Å². The number of hydrogen-bond acceptors (Lipinski definition) is 5. The quantitative estimate of drug-likeness (QED) is 0.355. The number of aryl methyl sites for hydroxylation is 1. The molecule has 134 valence electrons. The first-order chi connectivity index (χ1) is 12.5. The Morgan fingerprint density at radius 3 is 2.81 bits per heavy atom. The summed E-state index contributed by atoms with van der Waals surface area (Å²) in [5, 5.41) is 2.03. The minimum atomic E-state index is -0.581. The monoisotopic (exact) mass is 369 g/mol. The van der Waals surface area contributed by atoms with E-state index in [4.69, 9.17) is 9.15 Å². The molecule has 3 aromatic heterocycles. The number of hydrogen-bond donors (Lipinski definition) is 0. The molecule has 0 atom stereocenters. The van der Waals surface area contributed by atoms with Crippen molar-refractivity contribution in [2.24, 2.45) is 0 Å². The van der Waals surface area contributed by atoms with Gasteiger partial charge in [-0.3, -0.25) is 4.79 Å². The van der Waals surface area contributed by atoms with Gasteiger partial charge in [0, 0.05) is 27.9 Å². The third-order valence-electron chi connectivity index (χ3n) is 4.04. The Morgan fingerprint density at radius 2 is 2.12 bits per heavy atom. The molecule has 0 aliphatic heterocycles. The van der Waals surface area contributed by atoms with Crippen LogP contribution in [0.1, 0.15) is 32.4 Å². The van der Waals surface area contributed by atoms with Gasteiger partial charge in [-0.05, 0) is 49.6 Å². The van der Waals surface area contributed by atoms with Crippen LogP contribution in [-0.2, 0) is 16.1 Å². The molecule has 3 aromatic rings. The van der Waals surface area contributed by atoms with Crippen molar-refractivity contribution in [1.82, 2.24) is 4.57 Å². The van der Waals surface area contributed by atoms with Crippen LogP contribution in [0.25, 0.3) is 6.08 Å². The predicted molar refractivity (Wildman–Crippen MR) is 100 cm³/mol. The van der Waals surface area contributed by atoms with Crippen LogP contribution in [0.4, 0.5) is 0 Å². The van der Waals surface area contributed by atoms with E-state index >= 15 is 0 Å². The van der Waals surface area contributed by atoms with E-state index in [1.165, 1.54) is 23.3 Å². The summed E-state index contributed by atoms with van der Waals surface area (Å²) in [5.41, 5.74) is 2.47. The summed E-state index contributed by atoms with van der Waals surface area (Å²) in [4.78, 5) is 25.4. The first-order valence-corrected chi connectivity index (χ1v) is 9.03. The molecule has 0 bridgehead atoms. The Kier molecular flexibility index (Phi) is 5.53. The third-order valence-corrected chi connectivity index (χ3v) is 4.90. The fourth-order valence-corrected chi connectivity index (χ4v) is 3.38. The van der Waals surface area contributed by atoms with Crippen LogP contribution in [0.3, 0.4) is 0 Å². The summed E-state index contributed by atoms with van der Waals surface area (Å²) in [6.07, 6.45) is 4.26. The van der Waals surface area contributed by atoms with Gasteiger partial charge in [0.2, 0.25) is 5.78 Å². The Hall–Kier alpha value is -2.86. The van der Waals surface area contributed by atoms with E-state index in [1.54, 1.807) is 23.5 Å². The first-order valence-electron chi connectivity index (χ1n) is 8.15. The molecule has 0 N–H and O–H groups in total. The normalized spacial score (nSPS) is 11.2. The Morgan fingerprint density at radius 1 is 1.27 bits per heavy atom. The lowest BCUT2D eigenvalue weighted by Crippen LogP contribution is -2.13. The highest BCUT2D eigenvalue weighted by Crippen LogP contribution is 2.19. The van der Waals surface area contributed by atoms with Crippen LogP contribution in [0.5, 0.6) is 0 Å². The number of rotatable bonds is 7. The number of carbonyl (C=O) groups excluding carboxylic acids is 2. The molecule has 6 heteroatoms. The summed E-state index contributed by atoms with van der Waals surface area (Å²) in [6.45, 7) is 4.32. The van der Waals surface area contributed by atoms with Crippen LogP contribution in [0.2, 0.25) is 0 Å². The lowest BCUT2D eigenvalue weighted by Gasteiger charge is -2.08. The van der Waals surface area contributed by atoms with Crippen LogP contribution in [0.15, 0.2) is 52.5 Å². The second-order valence-corrected chi connectivity index (χ2v) is 6.86. The average Bonchev–Trinajstić information content (AvgIpc) is 3.37. The number of nitrogens with zero attached hydrogens (tertiary/aromatic N) is 1. The van der Waals surface area contributed by atoms with Gasteiger partial charge in [-0.15, -0.1) is 11.3 Å². The van der Waals surface area contributed by atoms with Gasteiger partial charge < -0.3 is 13.7 Å². The summed E-state index contributed by atoms with van der Waals surface area (Å²) in [7, 11) is 0. The van der Waals surface area contributed by atoms with Crippen LogP contribution in [-0.4, -0.2) is 22.9 Å². The predicted octanol–water partition coefficient (Wildman–Crippen LogP) is 4.25. The van der Waals surface area contributed by atoms with Crippen molar-refractivity contribution in [2.75, 3.05) is 6.61 Å². The number of furan rings is 1. The molecule has 0 aliphatic carbocycles. The smallest absolute Gasteiger partial charge is 0.331 e. The molecule has 3 heterocycles. The minimum absolute atomic E-state index is 0.213. The third kappa shape index (κ3) is 4.21. The maximum Gasteiger partial charge on any atom is 0.331 e. The lowest BCUT2D eigenvalue weighted by atomic mass is 10.1. The van der Waals surface area contributed by atoms with Crippen molar-refractivity contribution >= 4 is 29.2 Å². The van der Waals surface area contributed by atoms with Crippen molar-refractivity contribution in [3.05, 3.63) is 75.6 Å². The zero-order valence-corrected chi connectivity index (χ0v) is 15.4. The summed E-state index contributed by atoms with van der Waals surface area (Å²) in [6, 6.07) is 9.36. The summed E-state index contributed by atoms with van der Waals surface area (Å²) in [5.74, 6) is -0.247. The van der Waals surface area contributed by atoms with E-state index < -0.39 is 5.97 Å². The van der Waals surface area contributed by atoms with E-state index in [9.17, 15) is 9.59 Å². The highest BCUT2D eigenvalue weighted by Gasteiger charge is 2.17. The molecule has 0 saturated carbocycles. The highest BCUT2D eigenvalue weighted by molar-refractivity contribution is 7.09.